The van der Waals surface area contributed by atoms with E-state index in [1.54, 1.807) is 14.0 Å². The molecule has 1 heterocycles. The third-order valence-electron chi connectivity index (χ3n) is 2.43. The highest BCUT2D eigenvalue weighted by atomic mass is 79.9. The summed E-state index contributed by atoms with van der Waals surface area (Å²) in [6, 6.07) is 0. The first kappa shape index (κ1) is 15.6. The van der Waals surface area contributed by atoms with Gasteiger partial charge in [-0.15, -0.1) is 0 Å². The van der Waals surface area contributed by atoms with Crippen LogP contribution < -0.4 is 5.32 Å². The summed E-state index contributed by atoms with van der Waals surface area (Å²) in [6.45, 7) is 2.67. The maximum atomic E-state index is 11.6. The van der Waals surface area contributed by atoms with E-state index in [9.17, 15) is 14.9 Å². The molecule has 0 bridgehead atoms. The van der Waals surface area contributed by atoms with Crippen molar-refractivity contribution in [3.63, 3.8) is 0 Å². The molecule has 1 N–H and O–H groups in total. The van der Waals surface area contributed by atoms with Crippen LogP contribution in [0, 0.1) is 17.0 Å². The maximum Gasteiger partial charge on any atom is 0.404 e. The summed E-state index contributed by atoms with van der Waals surface area (Å²) in [7, 11) is 1.59. The zero-order valence-electron chi connectivity index (χ0n) is 10.7. The number of aromatic nitrogens is 2. The minimum absolute atomic E-state index is 0.0503. The highest BCUT2D eigenvalue weighted by molar-refractivity contribution is 9.10. The molecular weight excluding hydrogens is 320 g/mol. The molecule has 0 radical (unpaired) electrons. The van der Waals surface area contributed by atoms with Gasteiger partial charge in [-0.25, -0.2) is 0 Å². The zero-order valence-corrected chi connectivity index (χ0v) is 12.3. The van der Waals surface area contributed by atoms with Crippen molar-refractivity contribution in [1.29, 1.82) is 0 Å². The number of carbonyl (C=O) groups excluding carboxylic acids is 1. The van der Waals surface area contributed by atoms with Crippen molar-refractivity contribution in [2.24, 2.45) is 0 Å². The molecule has 1 amide bonds. The maximum absolute atomic E-state index is 11.6. The van der Waals surface area contributed by atoms with Gasteiger partial charge in [-0.3, -0.25) is 4.79 Å². The van der Waals surface area contributed by atoms with Gasteiger partial charge in [-0.05, 0) is 34.2 Å². The summed E-state index contributed by atoms with van der Waals surface area (Å²) in [5.74, 6) is -0.534. The van der Waals surface area contributed by atoms with Crippen molar-refractivity contribution in [3.05, 3.63) is 20.3 Å². The van der Waals surface area contributed by atoms with Crippen molar-refractivity contribution in [2.75, 3.05) is 20.3 Å². The van der Waals surface area contributed by atoms with Crippen molar-refractivity contribution in [3.8, 4) is 0 Å². The first-order valence-electron chi connectivity index (χ1n) is 5.60. The van der Waals surface area contributed by atoms with Gasteiger partial charge in [-0.2, -0.15) is 4.68 Å². The largest absolute Gasteiger partial charge is 0.404 e. The lowest BCUT2D eigenvalue weighted by molar-refractivity contribution is -0.390. The molecular formula is C10H15BrN4O4. The fourth-order valence-electron chi connectivity index (χ4n) is 1.42. The second kappa shape index (κ2) is 7.19. The average molecular weight is 335 g/mol. The predicted molar refractivity (Wildman–Crippen MR) is 70.8 cm³/mol. The van der Waals surface area contributed by atoms with Crippen molar-refractivity contribution in [1.82, 2.24) is 15.1 Å². The monoisotopic (exact) mass is 334 g/mol. The van der Waals surface area contributed by atoms with E-state index in [1.165, 1.54) is 4.68 Å². The van der Waals surface area contributed by atoms with E-state index in [-0.39, 0.29) is 18.3 Å². The van der Waals surface area contributed by atoms with Crippen LogP contribution in [0.3, 0.4) is 0 Å². The molecule has 0 aliphatic carbocycles. The second-order valence-corrected chi connectivity index (χ2v) is 4.63. The van der Waals surface area contributed by atoms with Crippen molar-refractivity contribution >= 4 is 27.7 Å². The van der Waals surface area contributed by atoms with E-state index < -0.39 is 4.92 Å². The summed E-state index contributed by atoms with van der Waals surface area (Å²) in [6.07, 6.45) is 0.712. The first-order chi connectivity index (χ1) is 8.97. The standard InChI is InChI=1S/C10H15BrN4O4/c1-7-9(11)10(15(17)18)13-14(7)6-8(16)12-4-3-5-19-2/h3-6H2,1-2H3,(H,12,16). The van der Waals surface area contributed by atoms with Gasteiger partial charge in [0.15, 0.2) is 0 Å². The number of rotatable bonds is 7. The lowest BCUT2D eigenvalue weighted by atomic mass is 10.4. The molecule has 0 atom stereocenters. The lowest BCUT2D eigenvalue weighted by Crippen LogP contribution is -2.29. The van der Waals surface area contributed by atoms with Crippen LogP contribution in [0.25, 0.3) is 0 Å². The molecule has 0 fully saturated rings. The van der Waals surface area contributed by atoms with Gasteiger partial charge in [0.2, 0.25) is 5.91 Å². The molecule has 1 aromatic heterocycles. The second-order valence-electron chi connectivity index (χ2n) is 3.83. The fourth-order valence-corrected chi connectivity index (χ4v) is 1.84. The number of methoxy groups -OCH3 is 1. The van der Waals surface area contributed by atoms with Crippen LogP contribution in [0.1, 0.15) is 12.1 Å². The van der Waals surface area contributed by atoms with E-state index in [4.69, 9.17) is 4.74 Å². The van der Waals surface area contributed by atoms with Gasteiger partial charge in [-0.1, -0.05) is 0 Å². The highest BCUT2D eigenvalue weighted by Gasteiger charge is 2.24. The van der Waals surface area contributed by atoms with Crippen LogP contribution in [-0.2, 0) is 16.1 Å². The minimum atomic E-state index is -0.593. The van der Waals surface area contributed by atoms with Gasteiger partial charge in [0.25, 0.3) is 0 Å². The summed E-state index contributed by atoms with van der Waals surface area (Å²) >= 11 is 3.09. The van der Waals surface area contributed by atoms with Crippen LogP contribution >= 0.6 is 15.9 Å². The molecule has 0 saturated carbocycles. The normalized spacial score (nSPS) is 10.5. The Balaban J connectivity index is 2.60. The number of nitrogens with one attached hydrogen (secondary N) is 1. The molecule has 1 rings (SSSR count). The number of ether oxygens (including phenoxy) is 1. The quantitative estimate of drug-likeness (QED) is 0.455. The molecule has 0 aromatic carbocycles. The number of nitrogens with zero attached hydrogens (tertiary/aromatic N) is 3. The number of nitro groups is 1. The predicted octanol–water partition coefficient (Wildman–Crippen LogP) is 1.01. The van der Waals surface area contributed by atoms with E-state index in [0.29, 0.717) is 29.7 Å². The number of amides is 1. The van der Waals surface area contributed by atoms with Crippen LogP contribution in [0.2, 0.25) is 0 Å². The van der Waals surface area contributed by atoms with Gasteiger partial charge in [0.05, 0.1) is 10.8 Å². The topological polar surface area (TPSA) is 99.3 Å². The Kier molecular flexibility index (Phi) is 5.90. The molecule has 0 saturated heterocycles. The van der Waals surface area contributed by atoms with E-state index in [1.807, 2.05) is 0 Å². The molecule has 106 valence electrons. The summed E-state index contributed by atoms with van der Waals surface area (Å²) < 4.78 is 6.45. The zero-order chi connectivity index (χ0) is 14.4. The lowest BCUT2D eigenvalue weighted by Gasteiger charge is -2.04. The minimum Gasteiger partial charge on any atom is -0.385 e. The molecule has 0 aliphatic rings. The Morgan fingerprint density at radius 2 is 2.32 bits per heavy atom. The molecule has 19 heavy (non-hydrogen) atoms. The van der Waals surface area contributed by atoms with E-state index >= 15 is 0 Å². The first-order valence-corrected chi connectivity index (χ1v) is 6.39. The Labute approximate surface area is 118 Å². The van der Waals surface area contributed by atoms with Crippen molar-refractivity contribution < 1.29 is 14.5 Å². The smallest absolute Gasteiger partial charge is 0.385 e. The van der Waals surface area contributed by atoms with Gasteiger partial charge < -0.3 is 20.2 Å². The summed E-state index contributed by atoms with van der Waals surface area (Å²) in [5.41, 5.74) is 0.541. The third-order valence-corrected chi connectivity index (χ3v) is 3.36. The van der Waals surface area contributed by atoms with Crippen LogP contribution in [0.5, 0.6) is 0 Å². The average Bonchev–Trinajstić information content (AvgIpc) is 2.63. The van der Waals surface area contributed by atoms with Crippen LogP contribution in [0.4, 0.5) is 5.82 Å². The Morgan fingerprint density at radius 3 is 2.84 bits per heavy atom. The molecule has 0 unspecified atom stereocenters. The van der Waals surface area contributed by atoms with Gasteiger partial charge >= 0.3 is 5.82 Å². The Hall–Kier alpha value is -1.48. The van der Waals surface area contributed by atoms with E-state index in [0.717, 1.165) is 0 Å². The van der Waals surface area contributed by atoms with Gasteiger partial charge in [0, 0.05) is 20.3 Å². The Morgan fingerprint density at radius 1 is 1.63 bits per heavy atom. The number of hydrogen-bond acceptors (Lipinski definition) is 5. The molecule has 0 aliphatic heterocycles. The highest BCUT2D eigenvalue weighted by Crippen LogP contribution is 2.26. The number of hydrogen-bond donors (Lipinski definition) is 1. The summed E-state index contributed by atoms with van der Waals surface area (Å²) in [5, 5.41) is 17.2. The number of carbonyl (C=O) groups is 1. The van der Waals surface area contributed by atoms with Crippen molar-refractivity contribution in [2.45, 2.75) is 19.9 Å². The molecule has 9 heteroatoms. The van der Waals surface area contributed by atoms with E-state index in [2.05, 4.69) is 26.3 Å². The third kappa shape index (κ3) is 4.28. The van der Waals surface area contributed by atoms with Crippen LogP contribution in [0.15, 0.2) is 4.47 Å². The molecule has 1 aromatic rings. The van der Waals surface area contributed by atoms with Gasteiger partial charge in [0.1, 0.15) is 11.0 Å². The number of halogens is 1. The molecule has 8 nitrogen and oxygen atoms in total. The fraction of sp³-hybridized carbons (Fsp3) is 0.600. The molecule has 0 spiro atoms. The summed E-state index contributed by atoms with van der Waals surface area (Å²) in [4.78, 5) is 21.7. The van der Waals surface area contributed by atoms with Crippen LogP contribution in [-0.4, -0.2) is 40.9 Å². The SMILES string of the molecule is COCCCNC(=O)Cn1nc([N+](=O)[O-])c(Br)c1C. The Bertz CT molecular complexity index is 474.